The number of amides is 1. The second-order valence-electron chi connectivity index (χ2n) is 5.35. The topological polar surface area (TPSA) is 66.5 Å². The Kier molecular flexibility index (Phi) is 5.36. The molecule has 0 aliphatic carbocycles. The highest BCUT2D eigenvalue weighted by Gasteiger charge is 2.31. The number of carbonyl (C=O) groups is 1. The van der Waals surface area contributed by atoms with Crippen LogP contribution in [0.2, 0.25) is 0 Å². The maximum atomic E-state index is 12.3. The van der Waals surface area contributed by atoms with Gasteiger partial charge in [0.15, 0.2) is 0 Å². The number of rotatable bonds is 6. The van der Waals surface area contributed by atoms with E-state index in [-0.39, 0.29) is 17.7 Å². The average molecular weight is 310 g/mol. The summed E-state index contributed by atoms with van der Waals surface area (Å²) < 4.78 is 25.6. The smallest absolute Gasteiger partial charge is 0.223 e. The van der Waals surface area contributed by atoms with E-state index < -0.39 is 10.0 Å². The third kappa shape index (κ3) is 4.54. The first-order chi connectivity index (χ1) is 10.0. The Hall–Kier alpha value is -1.40. The van der Waals surface area contributed by atoms with Gasteiger partial charge in [-0.15, -0.1) is 0 Å². The van der Waals surface area contributed by atoms with Crippen molar-refractivity contribution < 1.29 is 13.2 Å². The highest BCUT2D eigenvalue weighted by atomic mass is 32.2. The van der Waals surface area contributed by atoms with Gasteiger partial charge in [0.05, 0.1) is 5.75 Å². The minimum atomic E-state index is -3.28. The number of sulfonamides is 1. The minimum absolute atomic E-state index is 0.000572. The lowest BCUT2D eigenvalue weighted by Crippen LogP contribution is -2.41. The van der Waals surface area contributed by atoms with Gasteiger partial charge in [0.1, 0.15) is 0 Å². The summed E-state index contributed by atoms with van der Waals surface area (Å²) in [6.45, 7) is 0.664. The number of nitrogens with zero attached hydrogens (tertiary/aromatic N) is 1. The molecular weight excluding hydrogens is 288 g/mol. The van der Waals surface area contributed by atoms with E-state index in [9.17, 15) is 13.2 Å². The van der Waals surface area contributed by atoms with Gasteiger partial charge in [-0.2, -0.15) is 0 Å². The van der Waals surface area contributed by atoms with Crippen LogP contribution in [0.1, 0.15) is 24.8 Å². The summed E-state index contributed by atoms with van der Waals surface area (Å²) in [4.78, 5) is 14.0. The Morgan fingerprint density at radius 3 is 2.71 bits per heavy atom. The standard InChI is InChI=1S/C15H22N2O3S/c1-16-21(19,20)12-14-8-5-11-17(14)15(18)10-9-13-6-3-2-4-7-13/h2-4,6-7,14,16H,5,8-12H2,1H3. The lowest BCUT2D eigenvalue weighted by molar-refractivity contribution is -0.131. The predicted octanol–water partition coefficient (Wildman–Crippen LogP) is 1.16. The Balaban J connectivity index is 1.92. The molecule has 1 aromatic carbocycles. The first-order valence-electron chi connectivity index (χ1n) is 7.26. The molecule has 1 saturated heterocycles. The summed E-state index contributed by atoms with van der Waals surface area (Å²) in [5, 5.41) is 0. The van der Waals surface area contributed by atoms with E-state index >= 15 is 0 Å². The third-order valence-corrected chi connectivity index (χ3v) is 5.34. The van der Waals surface area contributed by atoms with Gasteiger partial charge in [-0.25, -0.2) is 13.1 Å². The molecule has 1 N–H and O–H groups in total. The van der Waals surface area contributed by atoms with Crippen molar-refractivity contribution in [2.45, 2.75) is 31.7 Å². The SMILES string of the molecule is CNS(=O)(=O)CC1CCCN1C(=O)CCc1ccccc1. The van der Waals surface area contributed by atoms with Crippen LogP contribution in [-0.4, -0.2) is 44.6 Å². The fourth-order valence-corrected chi connectivity index (χ4v) is 3.73. The van der Waals surface area contributed by atoms with Crippen LogP contribution in [0.25, 0.3) is 0 Å². The summed E-state index contributed by atoms with van der Waals surface area (Å²) >= 11 is 0. The van der Waals surface area contributed by atoms with E-state index in [1.54, 1.807) is 4.90 Å². The van der Waals surface area contributed by atoms with Crippen LogP contribution in [0.15, 0.2) is 30.3 Å². The van der Waals surface area contributed by atoms with E-state index in [0.29, 0.717) is 19.4 Å². The number of nitrogens with one attached hydrogen (secondary N) is 1. The maximum absolute atomic E-state index is 12.3. The van der Waals surface area contributed by atoms with Crippen LogP contribution in [0.4, 0.5) is 0 Å². The van der Waals surface area contributed by atoms with Crippen LogP contribution >= 0.6 is 0 Å². The quantitative estimate of drug-likeness (QED) is 0.857. The highest BCUT2D eigenvalue weighted by Crippen LogP contribution is 2.20. The van der Waals surface area contributed by atoms with Crippen LogP contribution in [0.3, 0.4) is 0 Å². The molecule has 0 spiro atoms. The first-order valence-corrected chi connectivity index (χ1v) is 8.91. The lowest BCUT2D eigenvalue weighted by atomic mass is 10.1. The molecule has 1 aromatic rings. The number of hydrogen-bond donors (Lipinski definition) is 1. The van der Waals surface area contributed by atoms with Crippen molar-refractivity contribution in [3.8, 4) is 0 Å². The zero-order valence-electron chi connectivity index (χ0n) is 12.3. The maximum Gasteiger partial charge on any atom is 0.223 e. The largest absolute Gasteiger partial charge is 0.339 e. The van der Waals surface area contributed by atoms with E-state index in [4.69, 9.17) is 0 Å². The second-order valence-corrected chi connectivity index (χ2v) is 7.33. The van der Waals surface area contributed by atoms with Crippen molar-refractivity contribution in [2.24, 2.45) is 0 Å². The van der Waals surface area contributed by atoms with E-state index in [1.807, 2.05) is 30.3 Å². The molecular formula is C15H22N2O3S. The summed E-state index contributed by atoms with van der Waals surface area (Å²) in [5.41, 5.74) is 1.13. The summed E-state index contributed by atoms with van der Waals surface area (Å²) in [5.74, 6) is 0.0493. The van der Waals surface area contributed by atoms with Gasteiger partial charge in [-0.1, -0.05) is 30.3 Å². The van der Waals surface area contributed by atoms with Gasteiger partial charge in [0, 0.05) is 19.0 Å². The highest BCUT2D eigenvalue weighted by molar-refractivity contribution is 7.89. The molecule has 5 nitrogen and oxygen atoms in total. The third-order valence-electron chi connectivity index (χ3n) is 3.89. The number of hydrogen-bond acceptors (Lipinski definition) is 3. The van der Waals surface area contributed by atoms with Gasteiger partial charge >= 0.3 is 0 Å². The van der Waals surface area contributed by atoms with Gasteiger partial charge in [0.2, 0.25) is 15.9 Å². The Labute approximate surface area is 126 Å². The van der Waals surface area contributed by atoms with E-state index in [1.165, 1.54) is 7.05 Å². The number of carbonyl (C=O) groups excluding carboxylic acids is 1. The van der Waals surface area contributed by atoms with Crippen molar-refractivity contribution in [3.63, 3.8) is 0 Å². The van der Waals surface area contributed by atoms with Gasteiger partial charge in [0.25, 0.3) is 0 Å². The fourth-order valence-electron chi connectivity index (χ4n) is 2.71. The van der Waals surface area contributed by atoms with Crippen molar-refractivity contribution in [1.29, 1.82) is 0 Å². The molecule has 1 aliphatic heterocycles. The van der Waals surface area contributed by atoms with E-state index in [0.717, 1.165) is 18.4 Å². The molecule has 0 saturated carbocycles. The average Bonchev–Trinajstić information content (AvgIpc) is 2.93. The molecule has 2 rings (SSSR count). The zero-order valence-corrected chi connectivity index (χ0v) is 13.1. The molecule has 1 atom stereocenters. The second kappa shape index (κ2) is 7.04. The van der Waals surface area contributed by atoms with Crippen molar-refractivity contribution in [1.82, 2.24) is 9.62 Å². The van der Waals surface area contributed by atoms with Crippen molar-refractivity contribution in [3.05, 3.63) is 35.9 Å². The number of likely N-dealkylation sites (tertiary alicyclic amines) is 1. The van der Waals surface area contributed by atoms with Crippen LogP contribution < -0.4 is 4.72 Å². The predicted molar refractivity (Wildman–Crippen MR) is 82.3 cm³/mol. The molecule has 0 radical (unpaired) electrons. The van der Waals surface area contributed by atoms with Crippen molar-refractivity contribution in [2.75, 3.05) is 19.3 Å². The van der Waals surface area contributed by atoms with Crippen LogP contribution in [0, 0.1) is 0 Å². The summed E-state index contributed by atoms with van der Waals surface area (Å²) in [6, 6.07) is 9.67. The van der Waals surface area contributed by atoms with Gasteiger partial charge < -0.3 is 4.90 Å². The molecule has 116 valence electrons. The number of aryl methyl sites for hydroxylation is 1. The molecule has 6 heteroatoms. The molecule has 21 heavy (non-hydrogen) atoms. The van der Waals surface area contributed by atoms with Crippen LogP contribution in [-0.2, 0) is 21.2 Å². The Morgan fingerprint density at radius 2 is 2.05 bits per heavy atom. The monoisotopic (exact) mass is 310 g/mol. The molecule has 0 aromatic heterocycles. The van der Waals surface area contributed by atoms with Crippen molar-refractivity contribution >= 4 is 15.9 Å². The normalized spacial score (nSPS) is 18.9. The number of benzene rings is 1. The summed E-state index contributed by atoms with van der Waals surface area (Å²) in [6.07, 6.45) is 2.76. The molecule has 1 aliphatic rings. The van der Waals surface area contributed by atoms with Gasteiger partial charge in [-0.3, -0.25) is 4.79 Å². The summed E-state index contributed by atoms with van der Waals surface area (Å²) in [7, 11) is -1.87. The zero-order chi connectivity index (χ0) is 15.3. The Bertz CT molecular complexity index is 572. The van der Waals surface area contributed by atoms with Crippen LogP contribution in [0.5, 0.6) is 0 Å². The lowest BCUT2D eigenvalue weighted by Gasteiger charge is -2.24. The first kappa shape index (κ1) is 16.0. The fraction of sp³-hybridized carbons (Fsp3) is 0.533. The molecule has 1 amide bonds. The molecule has 1 fully saturated rings. The minimum Gasteiger partial charge on any atom is -0.339 e. The van der Waals surface area contributed by atoms with Gasteiger partial charge in [-0.05, 0) is 31.9 Å². The molecule has 1 heterocycles. The van der Waals surface area contributed by atoms with E-state index in [2.05, 4.69) is 4.72 Å². The Morgan fingerprint density at radius 1 is 1.33 bits per heavy atom. The molecule has 0 bridgehead atoms. The molecule has 1 unspecified atom stereocenters.